The molecule has 0 unspecified atom stereocenters. The zero-order valence-electron chi connectivity index (χ0n) is 13.0. The molecule has 0 fully saturated rings. The molecular formula is C18H17N3O2S. The third kappa shape index (κ3) is 2.91. The molecule has 0 atom stereocenters. The normalized spacial score (nSPS) is 14.5. The summed E-state index contributed by atoms with van der Waals surface area (Å²) in [7, 11) is 0. The SMILES string of the molecule is O=C(NO)c1cc2c(s1)CN(Cc1ccc3ccccc3n1)CC2. The second kappa shape index (κ2) is 6.32. The number of benzene rings is 1. The molecule has 0 aliphatic carbocycles. The Hall–Kier alpha value is -2.28. The number of carbonyl (C=O) groups is 1. The minimum absolute atomic E-state index is 0.433. The Bertz CT molecular complexity index is 906. The van der Waals surface area contributed by atoms with Crippen molar-refractivity contribution in [3.05, 3.63) is 63.5 Å². The second-order valence-corrected chi connectivity index (χ2v) is 7.09. The average molecular weight is 339 g/mol. The van der Waals surface area contributed by atoms with Gasteiger partial charge < -0.3 is 0 Å². The zero-order chi connectivity index (χ0) is 16.5. The van der Waals surface area contributed by atoms with E-state index in [0.717, 1.165) is 42.7 Å². The predicted molar refractivity (Wildman–Crippen MR) is 93.1 cm³/mol. The van der Waals surface area contributed by atoms with Crippen LogP contribution in [0.3, 0.4) is 0 Å². The number of pyridine rings is 1. The standard InChI is InChI=1S/C18H17N3O2S/c22-18(20-23)16-9-13-7-8-21(11-17(13)24-16)10-14-6-5-12-3-1-2-4-15(12)19-14/h1-6,9,23H,7-8,10-11H2,(H,20,22). The largest absolute Gasteiger partial charge is 0.292 e. The molecule has 0 saturated carbocycles. The van der Waals surface area contributed by atoms with E-state index in [9.17, 15) is 4.79 Å². The van der Waals surface area contributed by atoms with Gasteiger partial charge in [-0.05, 0) is 30.2 Å². The Balaban J connectivity index is 1.51. The Morgan fingerprint density at radius 2 is 2.17 bits per heavy atom. The summed E-state index contributed by atoms with van der Waals surface area (Å²) in [6.07, 6.45) is 0.915. The lowest BCUT2D eigenvalue weighted by molar-refractivity contribution is 0.0711. The molecule has 122 valence electrons. The summed E-state index contributed by atoms with van der Waals surface area (Å²) < 4.78 is 0. The second-order valence-electron chi connectivity index (χ2n) is 5.96. The quantitative estimate of drug-likeness (QED) is 0.569. The summed E-state index contributed by atoms with van der Waals surface area (Å²) in [6, 6.07) is 14.2. The van der Waals surface area contributed by atoms with Gasteiger partial charge in [0, 0.05) is 29.9 Å². The van der Waals surface area contributed by atoms with Crippen molar-refractivity contribution in [1.29, 1.82) is 0 Å². The number of carbonyl (C=O) groups excluding carboxylic acids is 1. The number of hydrogen-bond donors (Lipinski definition) is 2. The lowest BCUT2D eigenvalue weighted by Gasteiger charge is -2.26. The van der Waals surface area contributed by atoms with Crippen molar-refractivity contribution >= 4 is 28.1 Å². The summed E-state index contributed by atoms with van der Waals surface area (Å²) in [5, 5.41) is 9.92. The minimum atomic E-state index is -0.433. The maximum Gasteiger partial charge on any atom is 0.284 e. The number of thiophene rings is 1. The minimum Gasteiger partial charge on any atom is -0.292 e. The zero-order valence-corrected chi connectivity index (χ0v) is 13.8. The first-order chi connectivity index (χ1) is 11.7. The van der Waals surface area contributed by atoms with Crippen molar-refractivity contribution in [3.8, 4) is 0 Å². The molecule has 0 radical (unpaired) electrons. The summed E-state index contributed by atoms with van der Waals surface area (Å²) in [5.41, 5.74) is 4.99. The summed E-state index contributed by atoms with van der Waals surface area (Å²) in [5.74, 6) is -0.433. The van der Waals surface area contributed by atoms with Crippen LogP contribution in [0.1, 0.15) is 25.8 Å². The summed E-state index contributed by atoms with van der Waals surface area (Å²) in [4.78, 5) is 20.4. The molecule has 1 aliphatic rings. The Kier molecular flexibility index (Phi) is 4.02. The topological polar surface area (TPSA) is 65.5 Å². The number of hydroxylamine groups is 1. The first kappa shape index (κ1) is 15.3. The molecule has 0 spiro atoms. The maximum atomic E-state index is 11.6. The van der Waals surface area contributed by atoms with Gasteiger partial charge in [-0.2, -0.15) is 0 Å². The van der Waals surface area contributed by atoms with Crippen molar-refractivity contribution < 1.29 is 10.0 Å². The van der Waals surface area contributed by atoms with Crippen LogP contribution in [0.2, 0.25) is 0 Å². The highest BCUT2D eigenvalue weighted by Crippen LogP contribution is 2.29. The molecule has 1 aromatic carbocycles. The molecule has 24 heavy (non-hydrogen) atoms. The molecule has 0 saturated heterocycles. The van der Waals surface area contributed by atoms with Crippen LogP contribution in [0.4, 0.5) is 0 Å². The molecule has 6 heteroatoms. The molecule has 4 rings (SSSR count). The smallest absolute Gasteiger partial charge is 0.284 e. The highest BCUT2D eigenvalue weighted by Gasteiger charge is 2.21. The number of nitrogens with zero attached hydrogens (tertiary/aromatic N) is 2. The highest BCUT2D eigenvalue weighted by atomic mass is 32.1. The van der Waals surface area contributed by atoms with E-state index < -0.39 is 5.91 Å². The lowest BCUT2D eigenvalue weighted by atomic mass is 10.1. The van der Waals surface area contributed by atoms with Crippen LogP contribution in [0.15, 0.2) is 42.5 Å². The van der Waals surface area contributed by atoms with Gasteiger partial charge in [-0.1, -0.05) is 24.3 Å². The van der Waals surface area contributed by atoms with Gasteiger partial charge in [0.25, 0.3) is 5.91 Å². The molecule has 3 aromatic rings. The Morgan fingerprint density at radius 3 is 3.04 bits per heavy atom. The fourth-order valence-corrected chi connectivity index (χ4v) is 4.24. The van der Waals surface area contributed by atoms with Crippen LogP contribution < -0.4 is 5.48 Å². The number of hydrogen-bond acceptors (Lipinski definition) is 5. The molecular weight excluding hydrogens is 322 g/mol. The van der Waals surface area contributed by atoms with E-state index in [2.05, 4.69) is 23.1 Å². The fraction of sp³-hybridized carbons (Fsp3) is 0.222. The van der Waals surface area contributed by atoms with E-state index in [0.29, 0.717) is 4.88 Å². The fourth-order valence-electron chi connectivity index (χ4n) is 3.10. The number of para-hydroxylation sites is 1. The molecule has 1 aliphatic heterocycles. The summed E-state index contributed by atoms with van der Waals surface area (Å²) >= 11 is 1.45. The summed E-state index contributed by atoms with van der Waals surface area (Å²) in [6.45, 7) is 2.55. The van der Waals surface area contributed by atoms with Crippen molar-refractivity contribution in [3.63, 3.8) is 0 Å². The number of rotatable bonds is 3. The number of amides is 1. The Morgan fingerprint density at radius 1 is 1.29 bits per heavy atom. The third-order valence-corrected chi connectivity index (χ3v) is 5.49. The van der Waals surface area contributed by atoms with Gasteiger partial charge in [-0.15, -0.1) is 11.3 Å². The van der Waals surface area contributed by atoms with E-state index in [4.69, 9.17) is 10.2 Å². The maximum absolute atomic E-state index is 11.6. The van der Waals surface area contributed by atoms with Gasteiger partial charge in [0.15, 0.2) is 0 Å². The van der Waals surface area contributed by atoms with Crippen LogP contribution in [0.25, 0.3) is 10.9 Å². The predicted octanol–water partition coefficient (Wildman–Crippen LogP) is 2.97. The van der Waals surface area contributed by atoms with E-state index in [1.54, 1.807) is 5.48 Å². The molecule has 0 bridgehead atoms. The monoisotopic (exact) mass is 339 g/mol. The molecule has 2 aromatic heterocycles. The molecule has 2 N–H and O–H groups in total. The van der Waals surface area contributed by atoms with Crippen molar-refractivity contribution in [1.82, 2.24) is 15.4 Å². The van der Waals surface area contributed by atoms with Gasteiger partial charge in [0.1, 0.15) is 0 Å². The average Bonchev–Trinajstić information content (AvgIpc) is 3.04. The van der Waals surface area contributed by atoms with Crippen LogP contribution in [0.5, 0.6) is 0 Å². The lowest BCUT2D eigenvalue weighted by Crippen LogP contribution is -2.29. The van der Waals surface area contributed by atoms with Gasteiger partial charge >= 0.3 is 0 Å². The van der Waals surface area contributed by atoms with E-state index >= 15 is 0 Å². The van der Waals surface area contributed by atoms with E-state index in [1.807, 2.05) is 24.3 Å². The van der Waals surface area contributed by atoms with Gasteiger partial charge in [-0.3, -0.25) is 19.9 Å². The number of nitrogens with one attached hydrogen (secondary N) is 1. The third-order valence-electron chi connectivity index (χ3n) is 4.33. The van der Waals surface area contributed by atoms with E-state index in [-0.39, 0.29) is 0 Å². The van der Waals surface area contributed by atoms with Crippen LogP contribution in [-0.2, 0) is 19.5 Å². The number of fused-ring (bicyclic) bond motifs is 2. The van der Waals surface area contributed by atoms with Crippen LogP contribution in [0, 0.1) is 0 Å². The Labute approximate surface area is 143 Å². The van der Waals surface area contributed by atoms with Crippen LogP contribution >= 0.6 is 11.3 Å². The van der Waals surface area contributed by atoms with Crippen LogP contribution in [-0.4, -0.2) is 27.5 Å². The molecule has 5 nitrogen and oxygen atoms in total. The van der Waals surface area contributed by atoms with Crippen molar-refractivity contribution in [2.45, 2.75) is 19.5 Å². The number of aromatic nitrogens is 1. The van der Waals surface area contributed by atoms with Crippen molar-refractivity contribution in [2.24, 2.45) is 0 Å². The first-order valence-corrected chi connectivity index (χ1v) is 8.67. The molecule has 3 heterocycles. The van der Waals surface area contributed by atoms with E-state index in [1.165, 1.54) is 21.8 Å². The van der Waals surface area contributed by atoms with Crippen molar-refractivity contribution in [2.75, 3.05) is 6.54 Å². The van der Waals surface area contributed by atoms with Gasteiger partial charge in [0.05, 0.1) is 16.1 Å². The highest BCUT2D eigenvalue weighted by molar-refractivity contribution is 7.14. The van der Waals surface area contributed by atoms with Gasteiger partial charge in [-0.25, -0.2) is 5.48 Å². The molecule has 1 amide bonds. The first-order valence-electron chi connectivity index (χ1n) is 7.86. The van der Waals surface area contributed by atoms with Gasteiger partial charge in [0.2, 0.25) is 0 Å².